The number of amides is 2. The fourth-order valence-corrected chi connectivity index (χ4v) is 3.86. The number of nitrogens with two attached hydrogens (primary N) is 1. The number of ether oxygens (including phenoxy) is 1. The summed E-state index contributed by atoms with van der Waals surface area (Å²) in [5.74, 6) is 0.265. The van der Waals surface area contributed by atoms with Crippen LogP contribution >= 0.6 is 11.3 Å². The number of nitrogens with one attached hydrogen (secondary N) is 1. The lowest BCUT2D eigenvalue weighted by Crippen LogP contribution is -2.43. The van der Waals surface area contributed by atoms with Gasteiger partial charge in [0.15, 0.2) is 6.61 Å². The van der Waals surface area contributed by atoms with Crippen LogP contribution in [0.1, 0.15) is 9.67 Å². The highest BCUT2D eigenvalue weighted by Gasteiger charge is 2.25. The number of hydrogen-bond acceptors (Lipinski definition) is 6. The molecule has 2 aromatic heterocycles. The van der Waals surface area contributed by atoms with E-state index in [0.29, 0.717) is 35.1 Å². The van der Waals surface area contributed by atoms with Gasteiger partial charge in [0.1, 0.15) is 15.5 Å². The zero-order valence-electron chi connectivity index (χ0n) is 13.8. The Morgan fingerprint density at radius 2 is 2.15 bits per heavy atom. The predicted molar refractivity (Wildman–Crippen MR) is 101 cm³/mol. The number of pyridine rings is 1. The minimum absolute atomic E-state index is 0.000108. The molecule has 1 aromatic carbocycles. The van der Waals surface area contributed by atoms with Crippen molar-refractivity contribution in [3.63, 3.8) is 0 Å². The Morgan fingerprint density at radius 1 is 1.31 bits per heavy atom. The zero-order valence-corrected chi connectivity index (χ0v) is 14.6. The van der Waals surface area contributed by atoms with Crippen molar-refractivity contribution < 1.29 is 14.3 Å². The van der Waals surface area contributed by atoms with Crippen LogP contribution < -0.4 is 20.7 Å². The summed E-state index contributed by atoms with van der Waals surface area (Å²) < 4.78 is 5.41. The van der Waals surface area contributed by atoms with Crippen molar-refractivity contribution in [2.75, 3.05) is 30.3 Å². The minimum Gasteiger partial charge on any atom is -0.482 e. The number of hydrogen-bond donors (Lipinski definition) is 2. The molecule has 4 rings (SSSR count). The number of carbonyl (C=O) groups excluding carboxylic acids is 2. The topological polar surface area (TPSA) is 97.6 Å². The molecule has 0 saturated carbocycles. The molecular weight excluding hydrogens is 352 g/mol. The molecule has 26 heavy (non-hydrogen) atoms. The van der Waals surface area contributed by atoms with Crippen molar-refractivity contribution in [1.82, 2.24) is 10.3 Å². The Hall–Kier alpha value is -3.13. The largest absolute Gasteiger partial charge is 0.482 e. The number of thiophene rings is 1. The van der Waals surface area contributed by atoms with Gasteiger partial charge in [0.2, 0.25) is 0 Å². The summed E-state index contributed by atoms with van der Waals surface area (Å²) in [5, 5.41) is 3.61. The Kier molecular flexibility index (Phi) is 4.18. The second-order valence-corrected chi connectivity index (χ2v) is 6.76. The van der Waals surface area contributed by atoms with Crippen LogP contribution in [0.15, 0.2) is 42.6 Å². The molecule has 8 heteroatoms. The molecule has 0 bridgehead atoms. The van der Waals surface area contributed by atoms with E-state index in [2.05, 4.69) is 10.3 Å². The third kappa shape index (κ3) is 2.84. The maximum Gasteiger partial charge on any atom is 0.265 e. The summed E-state index contributed by atoms with van der Waals surface area (Å²) in [6, 6.07) is 11.0. The number of aromatic nitrogens is 1. The summed E-state index contributed by atoms with van der Waals surface area (Å²) in [6.45, 7) is 0.661. The fraction of sp³-hybridized carbons (Fsp3) is 0.167. The van der Waals surface area contributed by atoms with Gasteiger partial charge in [-0.1, -0.05) is 12.1 Å². The quantitative estimate of drug-likeness (QED) is 0.734. The lowest BCUT2D eigenvalue weighted by Gasteiger charge is -2.29. The van der Waals surface area contributed by atoms with Gasteiger partial charge in [-0.3, -0.25) is 9.59 Å². The lowest BCUT2D eigenvalue weighted by atomic mass is 10.2. The first-order valence-corrected chi connectivity index (χ1v) is 8.90. The first-order valence-electron chi connectivity index (χ1n) is 8.08. The monoisotopic (exact) mass is 368 g/mol. The smallest absolute Gasteiger partial charge is 0.265 e. The number of rotatable bonds is 4. The molecule has 3 aromatic rings. The number of benzene rings is 1. The molecule has 132 valence electrons. The van der Waals surface area contributed by atoms with Crippen LogP contribution in [-0.4, -0.2) is 36.5 Å². The maximum absolute atomic E-state index is 12.5. The molecule has 0 spiro atoms. The highest BCUT2D eigenvalue weighted by atomic mass is 32.1. The predicted octanol–water partition coefficient (Wildman–Crippen LogP) is 2.03. The molecule has 1 aliphatic heterocycles. The van der Waals surface area contributed by atoms with Crippen LogP contribution in [0.2, 0.25) is 0 Å². The van der Waals surface area contributed by atoms with Crippen LogP contribution in [0, 0.1) is 0 Å². The standard InChI is InChI=1S/C18H16N4O3S/c19-15-11-4-3-7-21-18(11)26-16(15)17(24)20-8-9-22-12-5-1-2-6-13(12)25-10-14(22)23/h1-7H,8-10,19H2,(H,20,24). The summed E-state index contributed by atoms with van der Waals surface area (Å²) >= 11 is 1.26. The molecule has 0 saturated heterocycles. The van der Waals surface area contributed by atoms with Gasteiger partial charge in [-0.2, -0.15) is 0 Å². The van der Waals surface area contributed by atoms with Gasteiger partial charge in [-0.25, -0.2) is 4.98 Å². The van der Waals surface area contributed by atoms with Crippen molar-refractivity contribution >= 4 is 44.7 Å². The average Bonchev–Trinajstić information content (AvgIpc) is 3.00. The van der Waals surface area contributed by atoms with Gasteiger partial charge in [-0.15, -0.1) is 11.3 Å². The van der Waals surface area contributed by atoms with E-state index in [1.54, 1.807) is 17.2 Å². The van der Waals surface area contributed by atoms with Crippen molar-refractivity contribution in [3.05, 3.63) is 47.5 Å². The number of anilines is 2. The van der Waals surface area contributed by atoms with E-state index in [1.165, 1.54) is 11.3 Å². The number of para-hydroxylation sites is 2. The lowest BCUT2D eigenvalue weighted by molar-refractivity contribution is -0.121. The Balaban J connectivity index is 1.45. The molecule has 2 amide bonds. The molecule has 0 fully saturated rings. The molecule has 3 N–H and O–H groups in total. The number of carbonyl (C=O) groups is 2. The minimum atomic E-state index is -0.264. The van der Waals surface area contributed by atoms with Gasteiger partial charge in [-0.05, 0) is 24.3 Å². The van der Waals surface area contributed by atoms with Gasteiger partial charge in [0.05, 0.1) is 11.4 Å². The van der Waals surface area contributed by atoms with Gasteiger partial charge in [0, 0.05) is 24.7 Å². The molecule has 0 radical (unpaired) electrons. The Morgan fingerprint density at radius 3 is 3.00 bits per heavy atom. The van der Waals surface area contributed by atoms with Gasteiger partial charge < -0.3 is 20.7 Å². The third-order valence-electron chi connectivity index (χ3n) is 4.14. The molecule has 0 unspecified atom stereocenters. The summed E-state index contributed by atoms with van der Waals surface area (Å²) in [6.07, 6.45) is 1.67. The average molecular weight is 368 g/mol. The van der Waals surface area contributed by atoms with E-state index < -0.39 is 0 Å². The second kappa shape index (κ2) is 6.64. The molecular formula is C18H16N4O3S. The van der Waals surface area contributed by atoms with Crippen LogP contribution in [0.4, 0.5) is 11.4 Å². The van der Waals surface area contributed by atoms with Crippen LogP contribution in [0.5, 0.6) is 5.75 Å². The highest BCUT2D eigenvalue weighted by Crippen LogP contribution is 2.32. The van der Waals surface area contributed by atoms with Gasteiger partial charge in [0.25, 0.3) is 11.8 Å². The molecule has 0 atom stereocenters. The van der Waals surface area contributed by atoms with Crippen LogP contribution in [0.3, 0.4) is 0 Å². The van der Waals surface area contributed by atoms with Crippen LogP contribution in [0.25, 0.3) is 10.2 Å². The van der Waals surface area contributed by atoms with Crippen LogP contribution in [-0.2, 0) is 4.79 Å². The Labute approximate surface area is 153 Å². The maximum atomic E-state index is 12.5. The van der Waals surface area contributed by atoms with Crippen molar-refractivity contribution in [3.8, 4) is 5.75 Å². The van der Waals surface area contributed by atoms with Crippen molar-refractivity contribution in [1.29, 1.82) is 0 Å². The molecule has 1 aliphatic rings. The SMILES string of the molecule is Nc1c(C(=O)NCCN2C(=O)COc3ccccc32)sc2ncccc12. The first-order chi connectivity index (χ1) is 12.6. The molecule has 0 aliphatic carbocycles. The molecule has 3 heterocycles. The number of nitrogen functional groups attached to an aromatic ring is 1. The normalized spacial score (nSPS) is 13.4. The van der Waals surface area contributed by atoms with E-state index in [-0.39, 0.29) is 18.4 Å². The van der Waals surface area contributed by atoms with Crippen molar-refractivity contribution in [2.24, 2.45) is 0 Å². The van der Waals surface area contributed by atoms with Gasteiger partial charge >= 0.3 is 0 Å². The summed E-state index contributed by atoms with van der Waals surface area (Å²) in [7, 11) is 0. The summed E-state index contributed by atoms with van der Waals surface area (Å²) in [5.41, 5.74) is 7.21. The van der Waals surface area contributed by atoms with Crippen molar-refractivity contribution in [2.45, 2.75) is 0 Å². The summed E-state index contributed by atoms with van der Waals surface area (Å²) in [4.78, 5) is 31.6. The van der Waals surface area contributed by atoms with E-state index in [4.69, 9.17) is 10.5 Å². The third-order valence-corrected chi connectivity index (χ3v) is 5.27. The fourth-order valence-electron chi connectivity index (χ4n) is 2.88. The number of fused-ring (bicyclic) bond motifs is 2. The molecule has 7 nitrogen and oxygen atoms in total. The van der Waals surface area contributed by atoms with E-state index in [0.717, 1.165) is 10.2 Å². The first kappa shape index (κ1) is 16.3. The van der Waals surface area contributed by atoms with E-state index in [1.807, 2.05) is 30.3 Å². The van der Waals surface area contributed by atoms with E-state index >= 15 is 0 Å². The van der Waals surface area contributed by atoms with E-state index in [9.17, 15) is 9.59 Å². The zero-order chi connectivity index (χ0) is 18.1. The highest BCUT2D eigenvalue weighted by molar-refractivity contribution is 7.21. The second-order valence-electron chi connectivity index (χ2n) is 5.76. The number of nitrogens with zero attached hydrogens (tertiary/aromatic N) is 2. The Bertz CT molecular complexity index is 1000.